The zero-order valence-electron chi connectivity index (χ0n) is 12.4. The van der Waals surface area contributed by atoms with E-state index < -0.39 is 0 Å². The molecule has 1 saturated heterocycles. The lowest BCUT2D eigenvalue weighted by atomic mass is 10.1. The highest BCUT2D eigenvalue weighted by Crippen LogP contribution is 2.12. The van der Waals surface area contributed by atoms with Crippen LogP contribution in [-0.2, 0) is 11.3 Å². The van der Waals surface area contributed by atoms with Crippen LogP contribution in [0.5, 0.6) is 0 Å². The highest BCUT2D eigenvalue weighted by atomic mass is 16.5. The summed E-state index contributed by atoms with van der Waals surface area (Å²) in [5, 5.41) is 3.45. The van der Waals surface area contributed by atoms with Gasteiger partial charge in [0.2, 0.25) is 0 Å². The number of carbonyl (C=O) groups excluding carboxylic acids is 1. The molecule has 0 amide bonds. The maximum atomic E-state index is 11.7. The first-order chi connectivity index (χ1) is 9.72. The van der Waals surface area contributed by atoms with Crippen LogP contribution in [0.4, 0.5) is 0 Å². The SMILES string of the molecule is COC(=O)c1ccccc1CNCC(C)N1CCCC1. The summed E-state index contributed by atoms with van der Waals surface area (Å²) in [7, 11) is 1.42. The second-order valence-electron chi connectivity index (χ2n) is 5.37. The van der Waals surface area contributed by atoms with Gasteiger partial charge in [-0.15, -0.1) is 0 Å². The number of hydrogen-bond donors (Lipinski definition) is 1. The summed E-state index contributed by atoms with van der Waals surface area (Å²) in [6, 6.07) is 8.14. The lowest BCUT2D eigenvalue weighted by Gasteiger charge is -2.24. The highest BCUT2D eigenvalue weighted by molar-refractivity contribution is 5.90. The van der Waals surface area contributed by atoms with Crippen molar-refractivity contribution in [2.75, 3.05) is 26.7 Å². The summed E-state index contributed by atoms with van der Waals surface area (Å²) < 4.78 is 4.81. The van der Waals surface area contributed by atoms with E-state index in [1.54, 1.807) is 0 Å². The topological polar surface area (TPSA) is 41.6 Å². The standard InChI is InChI=1S/C16H24N2O2/c1-13(18-9-5-6-10-18)11-17-12-14-7-3-4-8-15(14)16(19)20-2/h3-4,7-8,13,17H,5-6,9-12H2,1-2H3. The molecule has 0 aliphatic carbocycles. The third-order valence-electron chi connectivity index (χ3n) is 3.94. The van der Waals surface area contributed by atoms with Gasteiger partial charge < -0.3 is 10.1 Å². The van der Waals surface area contributed by atoms with Crippen molar-refractivity contribution in [2.45, 2.75) is 32.4 Å². The van der Waals surface area contributed by atoms with Crippen molar-refractivity contribution < 1.29 is 9.53 Å². The first-order valence-corrected chi connectivity index (χ1v) is 7.33. The van der Waals surface area contributed by atoms with Crippen LogP contribution >= 0.6 is 0 Å². The zero-order valence-corrected chi connectivity index (χ0v) is 12.4. The van der Waals surface area contributed by atoms with E-state index in [0.29, 0.717) is 18.2 Å². The molecule has 0 spiro atoms. The van der Waals surface area contributed by atoms with Crippen molar-refractivity contribution in [3.63, 3.8) is 0 Å². The number of esters is 1. The third-order valence-corrected chi connectivity index (χ3v) is 3.94. The van der Waals surface area contributed by atoms with Crippen LogP contribution in [0.3, 0.4) is 0 Å². The predicted molar refractivity (Wildman–Crippen MR) is 79.8 cm³/mol. The first-order valence-electron chi connectivity index (χ1n) is 7.33. The molecule has 1 N–H and O–H groups in total. The lowest BCUT2D eigenvalue weighted by Crippen LogP contribution is -2.38. The minimum Gasteiger partial charge on any atom is -0.465 e. The van der Waals surface area contributed by atoms with Gasteiger partial charge in [-0.1, -0.05) is 18.2 Å². The highest BCUT2D eigenvalue weighted by Gasteiger charge is 2.17. The van der Waals surface area contributed by atoms with E-state index in [0.717, 1.165) is 12.1 Å². The molecule has 1 aromatic carbocycles. The van der Waals surface area contributed by atoms with E-state index in [9.17, 15) is 4.79 Å². The smallest absolute Gasteiger partial charge is 0.338 e. The Labute approximate surface area is 121 Å². The molecule has 110 valence electrons. The fourth-order valence-electron chi connectivity index (χ4n) is 2.71. The van der Waals surface area contributed by atoms with Gasteiger partial charge in [-0.05, 0) is 44.5 Å². The van der Waals surface area contributed by atoms with Crippen molar-refractivity contribution in [3.8, 4) is 0 Å². The maximum Gasteiger partial charge on any atom is 0.338 e. The summed E-state index contributed by atoms with van der Waals surface area (Å²) in [4.78, 5) is 14.2. The Hall–Kier alpha value is -1.39. The first kappa shape index (κ1) is 15.0. The quantitative estimate of drug-likeness (QED) is 0.807. The van der Waals surface area contributed by atoms with E-state index >= 15 is 0 Å². The molecule has 20 heavy (non-hydrogen) atoms. The van der Waals surface area contributed by atoms with Crippen LogP contribution in [-0.4, -0.2) is 43.7 Å². The van der Waals surface area contributed by atoms with Gasteiger partial charge >= 0.3 is 5.97 Å². The molecule has 1 aromatic rings. The Kier molecular flexibility index (Phi) is 5.56. The molecule has 4 nitrogen and oxygen atoms in total. The monoisotopic (exact) mass is 276 g/mol. The molecule has 4 heteroatoms. The van der Waals surface area contributed by atoms with Crippen LogP contribution in [0.2, 0.25) is 0 Å². The molecule has 1 atom stereocenters. The van der Waals surface area contributed by atoms with Gasteiger partial charge in [0.15, 0.2) is 0 Å². The number of likely N-dealkylation sites (tertiary alicyclic amines) is 1. The summed E-state index contributed by atoms with van der Waals surface area (Å²) in [6.45, 7) is 6.31. The second-order valence-corrected chi connectivity index (χ2v) is 5.37. The molecule has 1 unspecified atom stereocenters. The number of benzene rings is 1. The number of nitrogens with zero attached hydrogens (tertiary/aromatic N) is 1. The summed E-state index contributed by atoms with van der Waals surface area (Å²) in [6.07, 6.45) is 2.63. The molecular formula is C16H24N2O2. The van der Waals surface area contributed by atoms with Crippen LogP contribution in [0.1, 0.15) is 35.7 Å². The summed E-state index contributed by atoms with van der Waals surface area (Å²) in [5.41, 5.74) is 1.64. The van der Waals surface area contributed by atoms with Crippen LogP contribution in [0.25, 0.3) is 0 Å². The average Bonchev–Trinajstić information content (AvgIpc) is 3.01. The molecule has 0 aromatic heterocycles. The molecule has 1 aliphatic heterocycles. The van der Waals surface area contributed by atoms with Gasteiger partial charge in [-0.25, -0.2) is 4.79 Å². The Bertz CT molecular complexity index is 442. The molecule has 1 aliphatic rings. The third kappa shape index (κ3) is 3.81. The van der Waals surface area contributed by atoms with Crippen molar-refractivity contribution in [1.82, 2.24) is 10.2 Å². The van der Waals surface area contributed by atoms with Gasteiger partial charge in [0, 0.05) is 19.1 Å². The fourth-order valence-corrected chi connectivity index (χ4v) is 2.71. The Morgan fingerprint density at radius 3 is 2.75 bits per heavy atom. The number of rotatable bonds is 6. The van der Waals surface area contributed by atoms with Crippen molar-refractivity contribution in [1.29, 1.82) is 0 Å². The Balaban J connectivity index is 1.86. The number of hydrogen-bond acceptors (Lipinski definition) is 4. The average molecular weight is 276 g/mol. The minimum absolute atomic E-state index is 0.269. The largest absolute Gasteiger partial charge is 0.465 e. The number of methoxy groups -OCH3 is 1. The molecule has 1 heterocycles. The van der Waals surface area contributed by atoms with E-state index in [2.05, 4.69) is 17.1 Å². The van der Waals surface area contributed by atoms with Crippen molar-refractivity contribution >= 4 is 5.97 Å². The van der Waals surface area contributed by atoms with Gasteiger partial charge in [0.1, 0.15) is 0 Å². The van der Waals surface area contributed by atoms with Gasteiger partial charge in [-0.3, -0.25) is 4.90 Å². The van der Waals surface area contributed by atoms with E-state index in [4.69, 9.17) is 4.74 Å². The fraction of sp³-hybridized carbons (Fsp3) is 0.562. The normalized spacial score (nSPS) is 17.1. The molecule has 0 radical (unpaired) electrons. The number of ether oxygens (including phenoxy) is 1. The molecule has 2 rings (SSSR count). The zero-order chi connectivity index (χ0) is 14.4. The van der Waals surface area contributed by atoms with E-state index in [1.807, 2.05) is 24.3 Å². The molecular weight excluding hydrogens is 252 g/mol. The molecule has 0 bridgehead atoms. The Morgan fingerprint density at radius 1 is 1.35 bits per heavy atom. The molecule has 1 fully saturated rings. The second kappa shape index (κ2) is 7.41. The predicted octanol–water partition coefficient (Wildman–Crippen LogP) is 2.05. The van der Waals surface area contributed by atoms with Crippen molar-refractivity contribution in [2.24, 2.45) is 0 Å². The number of carbonyl (C=O) groups is 1. The van der Waals surface area contributed by atoms with Crippen LogP contribution < -0.4 is 5.32 Å². The lowest BCUT2D eigenvalue weighted by molar-refractivity contribution is 0.0599. The van der Waals surface area contributed by atoms with Crippen LogP contribution in [0, 0.1) is 0 Å². The minimum atomic E-state index is -0.269. The van der Waals surface area contributed by atoms with Gasteiger partial charge in [-0.2, -0.15) is 0 Å². The van der Waals surface area contributed by atoms with Gasteiger partial charge in [0.05, 0.1) is 12.7 Å². The maximum absolute atomic E-state index is 11.7. The van der Waals surface area contributed by atoms with Crippen LogP contribution in [0.15, 0.2) is 24.3 Å². The van der Waals surface area contributed by atoms with E-state index in [-0.39, 0.29) is 5.97 Å². The molecule has 0 saturated carbocycles. The summed E-state index contributed by atoms with van der Waals surface area (Å²) in [5.74, 6) is -0.269. The van der Waals surface area contributed by atoms with Crippen molar-refractivity contribution in [3.05, 3.63) is 35.4 Å². The van der Waals surface area contributed by atoms with Gasteiger partial charge in [0.25, 0.3) is 0 Å². The summed E-state index contributed by atoms with van der Waals surface area (Å²) >= 11 is 0. The van der Waals surface area contributed by atoms with E-state index in [1.165, 1.54) is 33.0 Å². The number of nitrogens with one attached hydrogen (secondary N) is 1. The Morgan fingerprint density at radius 2 is 2.05 bits per heavy atom.